The average Bonchev–Trinajstić information content (AvgIpc) is 3.30. The first kappa shape index (κ1) is 21.2. The van der Waals surface area contributed by atoms with Crippen LogP contribution in [0.3, 0.4) is 0 Å². The fraction of sp³-hybridized carbons (Fsp3) is 0.300. The van der Waals surface area contributed by atoms with Crippen molar-refractivity contribution in [3.05, 3.63) is 53.2 Å². The van der Waals surface area contributed by atoms with Gasteiger partial charge in [-0.3, -0.25) is 4.79 Å². The zero-order chi connectivity index (χ0) is 21.2. The van der Waals surface area contributed by atoms with E-state index in [0.29, 0.717) is 17.1 Å². The zero-order valence-corrected chi connectivity index (χ0v) is 18.3. The fourth-order valence-corrected chi connectivity index (χ4v) is 4.72. The third kappa shape index (κ3) is 4.92. The predicted octanol–water partition coefficient (Wildman–Crippen LogP) is 3.92. The minimum absolute atomic E-state index is 0.117. The molecule has 0 saturated carbocycles. The van der Waals surface area contributed by atoms with E-state index >= 15 is 0 Å². The Morgan fingerprint density at radius 1 is 1.21 bits per heavy atom. The summed E-state index contributed by atoms with van der Waals surface area (Å²) >= 11 is 1.42. The summed E-state index contributed by atoms with van der Waals surface area (Å²) in [5.74, 6) is 1.26. The highest BCUT2D eigenvalue weighted by Crippen LogP contribution is 2.26. The van der Waals surface area contributed by atoms with Gasteiger partial charge in [0.2, 0.25) is 15.9 Å². The van der Waals surface area contributed by atoms with E-state index in [-0.39, 0.29) is 23.3 Å². The molecule has 0 aliphatic rings. The second kappa shape index (κ2) is 8.48. The van der Waals surface area contributed by atoms with Gasteiger partial charge in [-0.05, 0) is 57.2 Å². The van der Waals surface area contributed by atoms with Gasteiger partial charge < -0.3 is 9.73 Å². The number of hydrogen-bond acceptors (Lipinski definition) is 6. The molecule has 7 nitrogen and oxygen atoms in total. The van der Waals surface area contributed by atoms with Gasteiger partial charge in [0.1, 0.15) is 5.76 Å². The summed E-state index contributed by atoms with van der Waals surface area (Å²) < 4.78 is 31.8. The van der Waals surface area contributed by atoms with E-state index in [1.54, 1.807) is 19.2 Å². The van der Waals surface area contributed by atoms with Crippen molar-refractivity contribution in [2.75, 3.05) is 12.4 Å². The Kier molecular flexibility index (Phi) is 6.21. The fourth-order valence-electron chi connectivity index (χ4n) is 2.57. The number of nitrogens with zero attached hydrogens (tertiary/aromatic N) is 2. The quantitative estimate of drug-likeness (QED) is 0.610. The molecule has 9 heteroatoms. The van der Waals surface area contributed by atoms with Crippen LogP contribution >= 0.6 is 11.3 Å². The molecule has 1 amide bonds. The maximum Gasteiger partial charge on any atom is 0.243 e. The molecule has 0 aliphatic carbocycles. The molecule has 0 unspecified atom stereocenters. The van der Waals surface area contributed by atoms with Crippen LogP contribution in [-0.4, -0.2) is 36.7 Å². The van der Waals surface area contributed by atoms with E-state index < -0.39 is 10.0 Å². The molecule has 2 heterocycles. The molecule has 0 saturated heterocycles. The predicted molar refractivity (Wildman–Crippen MR) is 113 cm³/mol. The van der Waals surface area contributed by atoms with E-state index in [4.69, 9.17) is 4.42 Å². The van der Waals surface area contributed by atoms with Gasteiger partial charge in [0, 0.05) is 24.2 Å². The molecule has 0 fully saturated rings. The van der Waals surface area contributed by atoms with Crippen LogP contribution in [0.4, 0.5) is 5.69 Å². The molecule has 1 aromatic carbocycles. The summed E-state index contributed by atoms with van der Waals surface area (Å²) in [5, 5.41) is 5.32. The lowest BCUT2D eigenvalue weighted by Crippen LogP contribution is -2.33. The Morgan fingerprint density at radius 2 is 1.90 bits per heavy atom. The van der Waals surface area contributed by atoms with Gasteiger partial charge in [0.25, 0.3) is 0 Å². The van der Waals surface area contributed by atoms with Gasteiger partial charge in [-0.2, -0.15) is 4.31 Å². The van der Waals surface area contributed by atoms with E-state index in [1.165, 1.54) is 27.8 Å². The number of aryl methyl sites for hydroxylation is 1. The largest absolute Gasteiger partial charge is 0.459 e. The van der Waals surface area contributed by atoms with Gasteiger partial charge in [0.15, 0.2) is 10.8 Å². The van der Waals surface area contributed by atoms with Crippen molar-refractivity contribution in [3.63, 3.8) is 0 Å². The summed E-state index contributed by atoms with van der Waals surface area (Å²) in [6.07, 6.45) is 0.117. The molecule has 0 atom stereocenters. The molecule has 0 bridgehead atoms. The number of aromatic nitrogens is 1. The number of hydrogen-bond donors (Lipinski definition) is 1. The topological polar surface area (TPSA) is 92.5 Å². The standard InChI is InChI=1S/C20H23N3O4S2/c1-13(2)23(4)29(25,26)17-8-6-15(7-9-17)21-19(24)11-16-12-28-20(22-16)18-10-5-14(3)27-18/h5-10,12-13H,11H2,1-4H3,(H,21,24). The number of thiazole rings is 1. The number of furan rings is 1. The maximum absolute atomic E-state index is 12.5. The third-order valence-corrected chi connectivity index (χ3v) is 7.34. The van der Waals surface area contributed by atoms with Crippen LogP contribution in [-0.2, 0) is 21.2 Å². The molecule has 2 aromatic heterocycles. The van der Waals surface area contributed by atoms with Crippen LogP contribution in [0.1, 0.15) is 25.3 Å². The molecule has 0 spiro atoms. The lowest BCUT2D eigenvalue weighted by Gasteiger charge is -2.21. The highest BCUT2D eigenvalue weighted by Gasteiger charge is 2.22. The summed E-state index contributed by atoms with van der Waals surface area (Å²) in [4.78, 5) is 16.9. The first-order valence-electron chi connectivity index (χ1n) is 9.06. The second-order valence-electron chi connectivity index (χ2n) is 6.92. The Balaban J connectivity index is 1.63. The lowest BCUT2D eigenvalue weighted by molar-refractivity contribution is -0.115. The van der Waals surface area contributed by atoms with Crippen molar-refractivity contribution in [2.45, 2.75) is 38.1 Å². The Bertz CT molecular complexity index is 1100. The normalized spacial score (nSPS) is 11.9. The molecular weight excluding hydrogens is 410 g/mol. The van der Waals surface area contributed by atoms with Crippen molar-refractivity contribution in [1.29, 1.82) is 0 Å². The molecular formula is C20H23N3O4S2. The molecule has 154 valence electrons. The Hall–Kier alpha value is -2.49. The SMILES string of the molecule is Cc1ccc(-c2nc(CC(=O)Nc3ccc(S(=O)(=O)N(C)C(C)C)cc3)cs2)o1. The monoisotopic (exact) mass is 433 g/mol. The van der Waals surface area contributed by atoms with Crippen LogP contribution in [0.25, 0.3) is 10.8 Å². The minimum atomic E-state index is -3.55. The van der Waals surface area contributed by atoms with Gasteiger partial charge >= 0.3 is 0 Å². The third-order valence-electron chi connectivity index (χ3n) is 4.39. The Labute approximate surface area is 174 Å². The van der Waals surface area contributed by atoms with Crippen molar-refractivity contribution >= 4 is 33.0 Å². The van der Waals surface area contributed by atoms with Crippen molar-refractivity contribution < 1.29 is 17.6 Å². The van der Waals surface area contributed by atoms with Gasteiger partial charge in [-0.1, -0.05) is 0 Å². The Morgan fingerprint density at radius 3 is 2.48 bits per heavy atom. The van der Waals surface area contributed by atoms with E-state index in [1.807, 2.05) is 38.3 Å². The highest BCUT2D eigenvalue weighted by molar-refractivity contribution is 7.89. The van der Waals surface area contributed by atoms with Crippen molar-refractivity contribution in [1.82, 2.24) is 9.29 Å². The summed E-state index contributed by atoms with van der Waals surface area (Å²) in [6, 6.07) is 9.71. The first-order chi connectivity index (χ1) is 13.7. The van der Waals surface area contributed by atoms with Crippen molar-refractivity contribution in [3.8, 4) is 10.8 Å². The van der Waals surface area contributed by atoms with Gasteiger partial charge in [0.05, 0.1) is 17.0 Å². The smallest absolute Gasteiger partial charge is 0.243 e. The van der Waals surface area contributed by atoms with E-state index in [9.17, 15) is 13.2 Å². The summed E-state index contributed by atoms with van der Waals surface area (Å²) in [5.41, 5.74) is 1.17. The van der Waals surface area contributed by atoms with Crippen LogP contribution in [0.2, 0.25) is 0 Å². The van der Waals surface area contributed by atoms with E-state index in [0.717, 1.165) is 10.8 Å². The minimum Gasteiger partial charge on any atom is -0.459 e. The molecule has 1 N–H and O–H groups in total. The molecule has 3 rings (SSSR count). The number of amides is 1. The van der Waals surface area contributed by atoms with Gasteiger partial charge in [-0.25, -0.2) is 13.4 Å². The second-order valence-corrected chi connectivity index (χ2v) is 9.77. The van der Waals surface area contributed by atoms with Gasteiger partial charge in [-0.15, -0.1) is 11.3 Å². The number of nitrogens with one attached hydrogen (secondary N) is 1. The molecule has 0 radical (unpaired) electrons. The van der Waals surface area contributed by atoms with Crippen LogP contribution < -0.4 is 5.32 Å². The number of carbonyl (C=O) groups excluding carboxylic acids is 1. The van der Waals surface area contributed by atoms with Crippen LogP contribution in [0.15, 0.2) is 51.1 Å². The summed E-state index contributed by atoms with van der Waals surface area (Å²) in [6.45, 7) is 5.48. The molecule has 29 heavy (non-hydrogen) atoms. The highest BCUT2D eigenvalue weighted by atomic mass is 32.2. The van der Waals surface area contributed by atoms with E-state index in [2.05, 4.69) is 10.3 Å². The number of rotatable bonds is 7. The average molecular weight is 434 g/mol. The zero-order valence-electron chi connectivity index (χ0n) is 16.7. The van der Waals surface area contributed by atoms with Crippen molar-refractivity contribution in [2.24, 2.45) is 0 Å². The molecule has 3 aromatic rings. The number of anilines is 1. The lowest BCUT2D eigenvalue weighted by atomic mass is 10.3. The number of sulfonamides is 1. The number of benzene rings is 1. The van der Waals surface area contributed by atoms with Crippen LogP contribution in [0, 0.1) is 6.92 Å². The summed E-state index contributed by atoms with van der Waals surface area (Å²) in [7, 11) is -2.01. The maximum atomic E-state index is 12.5. The number of carbonyl (C=O) groups is 1. The molecule has 0 aliphatic heterocycles. The van der Waals surface area contributed by atoms with Crippen LogP contribution in [0.5, 0.6) is 0 Å². The first-order valence-corrected chi connectivity index (χ1v) is 11.4.